The van der Waals surface area contributed by atoms with Gasteiger partial charge in [-0.3, -0.25) is 4.79 Å². The lowest BCUT2D eigenvalue weighted by Gasteiger charge is -2.08. The number of halogens is 1. The van der Waals surface area contributed by atoms with E-state index in [4.69, 9.17) is 16.3 Å². The van der Waals surface area contributed by atoms with Crippen molar-refractivity contribution in [2.45, 2.75) is 6.92 Å². The molecule has 132 valence electrons. The Bertz CT molecular complexity index is 916. The number of carbonyl (C=O) groups is 2. The third-order valence-electron chi connectivity index (χ3n) is 3.29. The number of nitrogens with zero attached hydrogens (tertiary/aromatic N) is 1. The van der Waals surface area contributed by atoms with E-state index in [2.05, 4.69) is 5.32 Å². The Hall–Kier alpha value is -3.30. The number of nitrogens with one attached hydrogen (secondary N) is 1. The number of aromatic carboxylic acids is 1. The molecule has 6 nitrogen and oxygen atoms in total. The quantitative estimate of drug-likeness (QED) is 0.591. The summed E-state index contributed by atoms with van der Waals surface area (Å²) in [5.41, 5.74) is 0.615. The lowest BCUT2D eigenvalue weighted by Crippen LogP contribution is -2.13. The van der Waals surface area contributed by atoms with Gasteiger partial charge in [-0.05, 0) is 48.9 Å². The number of amides is 1. The molecule has 0 aliphatic rings. The van der Waals surface area contributed by atoms with Crippen LogP contribution in [0.5, 0.6) is 5.75 Å². The molecule has 0 aromatic heterocycles. The fourth-order valence-electron chi connectivity index (χ4n) is 2.17. The smallest absolute Gasteiger partial charge is 0.339 e. The molecule has 0 atom stereocenters. The summed E-state index contributed by atoms with van der Waals surface area (Å²) in [5, 5.41) is 21.6. The molecule has 2 rings (SSSR count). The standard InChI is InChI=1S/C19H15ClN2O4/c1-2-26-17-7-6-12(9-16(17)19(24)25)8-13(11-21)18(23)22-15-5-3-4-14(20)10-15/h3-10H,2H2,1H3,(H,22,23)(H,24,25)/b13-8+. The average Bonchev–Trinajstić information content (AvgIpc) is 2.60. The molecule has 0 saturated heterocycles. The Balaban J connectivity index is 2.30. The predicted molar refractivity (Wildman–Crippen MR) is 98.2 cm³/mol. The zero-order valence-electron chi connectivity index (χ0n) is 13.8. The third kappa shape index (κ3) is 4.85. The Morgan fingerprint density at radius 1 is 1.31 bits per heavy atom. The van der Waals surface area contributed by atoms with Gasteiger partial charge in [0.05, 0.1) is 6.61 Å². The first kappa shape index (κ1) is 19.0. The van der Waals surface area contributed by atoms with Crippen molar-refractivity contribution in [3.05, 3.63) is 64.2 Å². The van der Waals surface area contributed by atoms with E-state index >= 15 is 0 Å². The number of anilines is 1. The van der Waals surface area contributed by atoms with Gasteiger partial charge in [-0.15, -0.1) is 0 Å². The molecule has 0 fully saturated rings. The normalized spacial score (nSPS) is 10.7. The molecule has 0 saturated carbocycles. The van der Waals surface area contributed by atoms with Crippen molar-refractivity contribution in [1.29, 1.82) is 5.26 Å². The molecule has 2 aromatic rings. The maximum atomic E-state index is 12.3. The van der Waals surface area contributed by atoms with Gasteiger partial charge in [-0.25, -0.2) is 4.79 Å². The van der Waals surface area contributed by atoms with E-state index in [0.717, 1.165) is 0 Å². The zero-order valence-corrected chi connectivity index (χ0v) is 14.6. The second-order valence-electron chi connectivity index (χ2n) is 5.13. The van der Waals surface area contributed by atoms with Gasteiger partial charge in [0.2, 0.25) is 0 Å². The highest BCUT2D eigenvalue weighted by atomic mass is 35.5. The largest absolute Gasteiger partial charge is 0.493 e. The number of carboxylic acid groups (broad SMARTS) is 1. The number of carboxylic acids is 1. The molecule has 0 heterocycles. The Kier molecular flexibility index (Phi) is 6.36. The lowest BCUT2D eigenvalue weighted by atomic mass is 10.1. The molecule has 0 aliphatic carbocycles. The van der Waals surface area contributed by atoms with Crippen LogP contribution in [-0.4, -0.2) is 23.6 Å². The molecular formula is C19H15ClN2O4. The van der Waals surface area contributed by atoms with Gasteiger partial charge in [-0.2, -0.15) is 5.26 Å². The number of hydrogen-bond donors (Lipinski definition) is 2. The molecule has 0 spiro atoms. The van der Waals surface area contributed by atoms with Crippen LogP contribution in [0.25, 0.3) is 6.08 Å². The molecule has 26 heavy (non-hydrogen) atoms. The Morgan fingerprint density at radius 2 is 2.08 bits per heavy atom. The molecule has 1 amide bonds. The van der Waals surface area contributed by atoms with E-state index in [9.17, 15) is 20.0 Å². The average molecular weight is 371 g/mol. The summed E-state index contributed by atoms with van der Waals surface area (Å²) in [6.07, 6.45) is 1.31. The summed E-state index contributed by atoms with van der Waals surface area (Å²) in [7, 11) is 0. The minimum Gasteiger partial charge on any atom is -0.493 e. The number of ether oxygens (including phenoxy) is 1. The summed E-state index contributed by atoms with van der Waals surface area (Å²) in [6.45, 7) is 2.06. The van der Waals surface area contributed by atoms with E-state index in [0.29, 0.717) is 22.9 Å². The highest BCUT2D eigenvalue weighted by molar-refractivity contribution is 6.31. The van der Waals surface area contributed by atoms with Crippen LogP contribution in [0.15, 0.2) is 48.0 Å². The summed E-state index contributed by atoms with van der Waals surface area (Å²) in [4.78, 5) is 23.6. The molecule has 0 bridgehead atoms. The number of rotatable bonds is 6. The lowest BCUT2D eigenvalue weighted by molar-refractivity contribution is -0.112. The summed E-state index contributed by atoms with van der Waals surface area (Å²) < 4.78 is 5.26. The number of benzene rings is 2. The first-order chi connectivity index (χ1) is 12.4. The molecule has 0 unspecified atom stereocenters. The van der Waals surface area contributed by atoms with Crippen LogP contribution in [0, 0.1) is 11.3 Å². The maximum absolute atomic E-state index is 12.3. The maximum Gasteiger partial charge on any atom is 0.339 e. The van der Waals surface area contributed by atoms with Crippen LogP contribution in [0.1, 0.15) is 22.8 Å². The SMILES string of the molecule is CCOc1ccc(/C=C(\C#N)C(=O)Nc2cccc(Cl)c2)cc1C(=O)O. The fraction of sp³-hybridized carbons (Fsp3) is 0.105. The van der Waals surface area contributed by atoms with Crippen molar-refractivity contribution in [3.8, 4) is 11.8 Å². The molecule has 7 heteroatoms. The first-order valence-corrected chi connectivity index (χ1v) is 8.01. The van der Waals surface area contributed by atoms with E-state index in [-0.39, 0.29) is 16.9 Å². The van der Waals surface area contributed by atoms with Gasteiger partial charge >= 0.3 is 5.97 Å². The summed E-state index contributed by atoms with van der Waals surface area (Å²) >= 11 is 5.86. The van der Waals surface area contributed by atoms with Crippen molar-refractivity contribution in [2.24, 2.45) is 0 Å². The second-order valence-corrected chi connectivity index (χ2v) is 5.56. The summed E-state index contributed by atoms with van der Waals surface area (Å²) in [5.74, 6) is -1.56. The van der Waals surface area contributed by atoms with E-state index in [1.807, 2.05) is 6.07 Å². The monoisotopic (exact) mass is 370 g/mol. The second kappa shape index (κ2) is 8.70. The van der Waals surface area contributed by atoms with Crippen molar-refractivity contribution in [2.75, 3.05) is 11.9 Å². The van der Waals surface area contributed by atoms with Crippen LogP contribution in [0.3, 0.4) is 0 Å². The molecule has 2 aromatic carbocycles. The van der Waals surface area contributed by atoms with E-state index < -0.39 is 11.9 Å². The van der Waals surface area contributed by atoms with Gasteiger partial charge < -0.3 is 15.2 Å². The Morgan fingerprint density at radius 3 is 2.69 bits per heavy atom. The topological polar surface area (TPSA) is 99.4 Å². The molecular weight excluding hydrogens is 356 g/mol. The third-order valence-corrected chi connectivity index (χ3v) is 3.53. The molecule has 0 radical (unpaired) electrons. The minimum atomic E-state index is -1.16. The van der Waals surface area contributed by atoms with E-state index in [1.165, 1.54) is 18.2 Å². The highest BCUT2D eigenvalue weighted by Gasteiger charge is 2.14. The van der Waals surface area contributed by atoms with Crippen LogP contribution in [-0.2, 0) is 4.79 Å². The Labute approximate surface area is 155 Å². The number of carbonyl (C=O) groups excluding carboxylic acids is 1. The fourth-order valence-corrected chi connectivity index (χ4v) is 2.36. The van der Waals surface area contributed by atoms with Gasteiger partial charge in [0.15, 0.2) is 0 Å². The molecule has 2 N–H and O–H groups in total. The van der Waals surface area contributed by atoms with Gasteiger partial charge in [0.1, 0.15) is 23.0 Å². The van der Waals surface area contributed by atoms with Crippen LogP contribution >= 0.6 is 11.6 Å². The van der Waals surface area contributed by atoms with Crippen molar-refractivity contribution in [1.82, 2.24) is 0 Å². The van der Waals surface area contributed by atoms with Gasteiger partial charge in [0, 0.05) is 10.7 Å². The van der Waals surface area contributed by atoms with Crippen molar-refractivity contribution < 1.29 is 19.4 Å². The zero-order chi connectivity index (χ0) is 19.1. The van der Waals surface area contributed by atoms with Crippen LogP contribution in [0.2, 0.25) is 5.02 Å². The van der Waals surface area contributed by atoms with Gasteiger partial charge in [0.25, 0.3) is 5.91 Å². The molecule has 0 aliphatic heterocycles. The first-order valence-electron chi connectivity index (χ1n) is 7.63. The van der Waals surface area contributed by atoms with Gasteiger partial charge in [-0.1, -0.05) is 23.7 Å². The number of nitriles is 1. The minimum absolute atomic E-state index is 0.0480. The summed E-state index contributed by atoms with van der Waals surface area (Å²) in [6, 6.07) is 12.7. The number of hydrogen-bond acceptors (Lipinski definition) is 4. The van der Waals surface area contributed by atoms with Crippen LogP contribution in [0.4, 0.5) is 5.69 Å². The van der Waals surface area contributed by atoms with Crippen molar-refractivity contribution >= 4 is 35.2 Å². The van der Waals surface area contributed by atoms with Crippen LogP contribution < -0.4 is 10.1 Å². The van der Waals surface area contributed by atoms with Crippen molar-refractivity contribution in [3.63, 3.8) is 0 Å². The van der Waals surface area contributed by atoms with E-state index in [1.54, 1.807) is 37.3 Å². The highest BCUT2D eigenvalue weighted by Crippen LogP contribution is 2.22. The predicted octanol–water partition coefficient (Wildman–Crippen LogP) is 3.98.